The lowest BCUT2D eigenvalue weighted by atomic mass is 9.92. The van der Waals surface area contributed by atoms with Crippen LogP contribution < -0.4 is 14.8 Å². The van der Waals surface area contributed by atoms with Gasteiger partial charge in [-0.3, -0.25) is 9.69 Å². The van der Waals surface area contributed by atoms with Crippen molar-refractivity contribution in [2.24, 2.45) is 0 Å². The number of carbonyl (C=O) groups excluding carboxylic acids is 2. The van der Waals surface area contributed by atoms with E-state index in [0.717, 1.165) is 16.2 Å². The van der Waals surface area contributed by atoms with Gasteiger partial charge in [0.05, 0.1) is 6.61 Å². The molecule has 8 heteroatoms. The SMILES string of the molecule is Cc1ccc(OCCCN2C(=O)NC(C)(c3ccc(OC(F)F)cc3)C2=O)cc1C. The minimum atomic E-state index is -2.93. The standard InChI is InChI=1S/C22H24F2N2O4/c1-14-5-8-18(13-15(14)2)29-12-4-11-26-19(27)22(3,25-21(26)28)16-6-9-17(10-7-16)30-20(23)24/h5-10,13,20H,4,11-12H2,1-3H3,(H,25,28). The molecule has 3 amide bonds. The summed E-state index contributed by atoms with van der Waals surface area (Å²) in [6.45, 7) is 3.24. The third kappa shape index (κ3) is 4.53. The molecule has 30 heavy (non-hydrogen) atoms. The molecule has 2 aromatic rings. The number of carbonyl (C=O) groups is 2. The van der Waals surface area contributed by atoms with Crippen molar-refractivity contribution in [3.63, 3.8) is 0 Å². The highest BCUT2D eigenvalue weighted by Crippen LogP contribution is 2.30. The zero-order valence-electron chi connectivity index (χ0n) is 17.1. The summed E-state index contributed by atoms with van der Waals surface area (Å²) >= 11 is 0. The van der Waals surface area contributed by atoms with Crippen molar-refractivity contribution in [3.05, 3.63) is 59.2 Å². The normalized spacial score (nSPS) is 18.7. The van der Waals surface area contributed by atoms with Gasteiger partial charge in [-0.1, -0.05) is 18.2 Å². The third-order valence-electron chi connectivity index (χ3n) is 5.20. The van der Waals surface area contributed by atoms with E-state index in [1.807, 2.05) is 32.0 Å². The van der Waals surface area contributed by atoms with Crippen LogP contribution in [-0.2, 0) is 10.3 Å². The Morgan fingerprint density at radius 2 is 1.70 bits per heavy atom. The van der Waals surface area contributed by atoms with Crippen LogP contribution in [0.5, 0.6) is 11.5 Å². The molecule has 0 spiro atoms. The fraction of sp³-hybridized carbons (Fsp3) is 0.364. The lowest BCUT2D eigenvalue weighted by Gasteiger charge is -2.22. The summed E-state index contributed by atoms with van der Waals surface area (Å²) in [5.74, 6) is 0.321. The van der Waals surface area contributed by atoms with E-state index in [1.54, 1.807) is 6.92 Å². The van der Waals surface area contributed by atoms with Crippen LogP contribution in [0, 0.1) is 13.8 Å². The van der Waals surface area contributed by atoms with E-state index in [0.29, 0.717) is 18.6 Å². The molecular weight excluding hydrogens is 394 g/mol. The van der Waals surface area contributed by atoms with E-state index in [9.17, 15) is 18.4 Å². The molecule has 160 valence electrons. The number of imide groups is 1. The molecule has 1 atom stereocenters. The van der Waals surface area contributed by atoms with Gasteiger partial charge in [-0.25, -0.2) is 4.79 Å². The Morgan fingerprint density at radius 3 is 2.33 bits per heavy atom. The second kappa shape index (κ2) is 8.69. The maximum absolute atomic E-state index is 12.9. The van der Waals surface area contributed by atoms with Crippen molar-refractivity contribution >= 4 is 11.9 Å². The van der Waals surface area contributed by atoms with Gasteiger partial charge >= 0.3 is 12.6 Å². The largest absolute Gasteiger partial charge is 0.494 e. The lowest BCUT2D eigenvalue weighted by Crippen LogP contribution is -2.41. The van der Waals surface area contributed by atoms with Crippen LogP contribution >= 0.6 is 0 Å². The monoisotopic (exact) mass is 418 g/mol. The predicted octanol–water partition coefficient (Wildman–Crippen LogP) is 4.14. The van der Waals surface area contributed by atoms with E-state index in [2.05, 4.69) is 10.1 Å². The molecule has 1 unspecified atom stereocenters. The molecule has 0 aliphatic carbocycles. The number of benzene rings is 2. The van der Waals surface area contributed by atoms with Gasteiger partial charge < -0.3 is 14.8 Å². The molecule has 1 aliphatic heterocycles. The molecule has 0 saturated carbocycles. The molecule has 0 radical (unpaired) electrons. The number of amides is 3. The summed E-state index contributed by atoms with van der Waals surface area (Å²) in [6.07, 6.45) is 0.476. The quantitative estimate of drug-likeness (QED) is 0.517. The number of halogens is 2. The van der Waals surface area contributed by atoms with Crippen molar-refractivity contribution in [1.29, 1.82) is 0 Å². The highest BCUT2D eigenvalue weighted by atomic mass is 19.3. The Bertz CT molecular complexity index is 933. The van der Waals surface area contributed by atoms with Gasteiger partial charge in [-0.05, 0) is 68.1 Å². The lowest BCUT2D eigenvalue weighted by molar-refractivity contribution is -0.131. The number of hydrogen-bond acceptors (Lipinski definition) is 4. The van der Waals surface area contributed by atoms with E-state index in [-0.39, 0.29) is 12.3 Å². The third-order valence-corrected chi connectivity index (χ3v) is 5.20. The summed E-state index contributed by atoms with van der Waals surface area (Å²) < 4.78 is 34.6. The molecule has 1 heterocycles. The molecule has 1 N–H and O–H groups in total. The van der Waals surface area contributed by atoms with Gasteiger partial charge in [-0.2, -0.15) is 8.78 Å². The molecule has 0 aromatic heterocycles. The maximum atomic E-state index is 12.9. The van der Waals surface area contributed by atoms with Gasteiger partial charge in [0.1, 0.15) is 17.0 Å². The summed E-state index contributed by atoms with van der Waals surface area (Å²) in [5.41, 5.74) is 1.52. The van der Waals surface area contributed by atoms with E-state index >= 15 is 0 Å². The van der Waals surface area contributed by atoms with Crippen LogP contribution in [-0.4, -0.2) is 36.6 Å². The second-order valence-electron chi connectivity index (χ2n) is 7.36. The first-order valence-electron chi connectivity index (χ1n) is 9.60. The Balaban J connectivity index is 1.59. The fourth-order valence-corrected chi connectivity index (χ4v) is 3.28. The molecule has 1 saturated heterocycles. The van der Waals surface area contributed by atoms with Crippen LogP contribution in [0.25, 0.3) is 0 Å². The second-order valence-corrected chi connectivity index (χ2v) is 7.36. The van der Waals surface area contributed by atoms with E-state index in [4.69, 9.17) is 4.74 Å². The molecule has 0 bridgehead atoms. The smallest absolute Gasteiger partial charge is 0.387 e. The zero-order chi connectivity index (χ0) is 21.9. The van der Waals surface area contributed by atoms with Crippen LogP contribution in [0.4, 0.5) is 13.6 Å². The number of urea groups is 1. The Labute approximate surface area is 173 Å². The number of alkyl halides is 2. The molecule has 1 fully saturated rings. The average Bonchev–Trinajstić information content (AvgIpc) is 2.91. The van der Waals surface area contributed by atoms with Gasteiger partial charge in [0.2, 0.25) is 0 Å². The Morgan fingerprint density at radius 1 is 1.03 bits per heavy atom. The van der Waals surface area contributed by atoms with Crippen molar-refractivity contribution in [3.8, 4) is 11.5 Å². The van der Waals surface area contributed by atoms with Crippen molar-refractivity contribution in [2.45, 2.75) is 39.3 Å². The van der Waals surface area contributed by atoms with Gasteiger partial charge in [0.25, 0.3) is 5.91 Å². The van der Waals surface area contributed by atoms with Gasteiger partial charge in [0.15, 0.2) is 0 Å². The fourth-order valence-electron chi connectivity index (χ4n) is 3.28. The predicted molar refractivity (Wildman–Crippen MR) is 107 cm³/mol. The Hall–Kier alpha value is -3.16. The number of nitrogens with one attached hydrogen (secondary N) is 1. The highest BCUT2D eigenvalue weighted by molar-refractivity contribution is 6.07. The summed E-state index contributed by atoms with van der Waals surface area (Å²) in [6, 6.07) is 11.0. The zero-order valence-corrected chi connectivity index (χ0v) is 17.1. The number of hydrogen-bond donors (Lipinski definition) is 1. The van der Waals surface area contributed by atoms with Crippen LogP contribution in [0.2, 0.25) is 0 Å². The first kappa shape index (κ1) is 21.5. The number of ether oxygens (including phenoxy) is 2. The maximum Gasteiger partial charge on any atom is 0.387 e. The summed E-state index contributed by atoms with van der Waals surface area (Å²) in [4.78, 5) is 26.4. The highest BCUT2D eigenvalue weighted by Gasteiger charge is 2.48. The van der Waals surface area contributed by atoms with Crippen molar-refractivity contribution in [2.75, 3.05) is 13.2 Å². The first-order valence-corrected chi connectivity index (χ1v) is 9.60. The first-order chi connectivity index (χ1) is 14.2. The van der Waals surface area contributed by atoms with E-state index in [1.165, 1.54) is 29.8 Å². The Kier molecular flexibility index (Phi) is 6.24. The van der Waals surface area contributed by atoms with Gasteiger partial charge in [-0.15, -0.1) is 0 Å². The molecule has 6 nitrogen and oxygen atoms in total. The topological polar surface area (TPSA) is 67.9 Å². The number of rotatable bonds is 8. The minimum Gasteiger partial charge on any atom is -0.494 e. The molecular formula is C22H24F2N2O4. The van der Waals surface area contributed by atoms with Crippen molar-refractivity contribution < 1.29 is 27.8 Å². The van der Waals surface area contributed by atoms with Crippen LogP contribution in [0.3, 0.4) is 0 Å². The van der Waals surface area contributed by atoms with Gasteiger partial charge in [0, 0.05) is 6.54 Å². The van der Waals surface area contributed by atoms with Crippen LogP contribution in [0.15, 0.2) is 42.5 Å². The molecule has 1 aliphatic rings. The summed E-state index contributed by atoms with van der Waals surface area (Å²) in [5, 5.41) is 2.69. The number of aryl methyl sites for hydroxylation is 2. The minimum absolute atomic E-state index is 0.0190. The van der Waals surface area contributed by atoms with Crippen molar-refractivity contribution in [1.82, 2.24) is 10.2 Å². The van der Waals surface area contributed by atoms with E-state index < -0.39 is 24.1 Å². The van der Waals surface area contributed by atoms with Crippen LogP contribution in [0.1, 0.15) is 30.0 Å². The summed E-state index contributed by atoms with van der Waals surface area (Å²) in [7, 11) is 0. The average molecular weight is 418 g/mol. The molecule has 3 rings (SSSR count). The number of nitrogens with zero attached hydrogens (tertiary/aromatic N) is 1. The molecule has 2 aromatic carbocycles.